The predicted molar refractivity (Wildman–Crippen MR) is 117 cm³/mol. The molecule has 1 aromatic heterocycles. The van der Waals surface area contributed by atoms with Gasteiger partial charge in [0.2, 0.25) is 0 Å². The van der Waals surface area contributed by atoms with E-state index < -0.39 is 0 Å². The van der Waals surface area contributed by atoms with E-state index in [0.29, 0.717) is 45.4 Å². The Morgan fingerprint density at radius 2 is 1.59 bits per heavy atom. The molecular weight excluding hydrogens is 431 g/mol. The molecule has 0 atom stereocenters. The third kappa shape index (κ3) is 4.28. The molecule has 1 saturated heterocycles. The summed E-state index contributed by atoms with van der Waals surface area (Å²) in [7, 11) is 2.05. The second kappa shape index (κ2) is 8.36. The number of likely N-dealkylation sites (N-methyl/N-ethyl adjacent to an activating group) is 1. The predicted octanol–water partition coefficient (Wildman–Crippen LogP) is 4.89. The number of imidazole rings is 1. The number of carbonyl (C=O) groups is 1. The average Bonchev–Trinajstić information content (AvgIpc) is 3.13. The largest absolute Gasteiger partial charge is 0.335 e. The Balaban J connectivity index is 1.78. The normalized spacial score (nSPS) is 15.0. The van der Waals surface area contributed by atoms with Gasteiger partial charge in [0.1, 0.15) is 11.5 Å². The zero-order chi connectivity index (χ0) is 20.5. The minimum Gasteiger partial charge on any atom is -0.335 e. The molecule has 0 unspecified atom stereocenters. The molecule has 5 nitrogen and oxygen atoms in total. The highest BCUT2D eigenvalue weighted by Gasteiger charge is 2.24. The number of amides is 1. The topological polar surface area (TPSA) is 41.4 Å². The van der Waals surface area contributed by atoms with Gasteiger partial charge in [0, 0.05) is 48.0 Å². The van der Waals surface area contributed by atoms with E-state index in [1.54, 1.807) is 30.5 Å². The van der Waals surface area contributed by atoms with Gasteiger partial charge in [-0.3, -0.25) is 9.36 Å². The molecule has 29 heavy (non-hydrogen) atoms. The Labute approximate surface area is 184 Å². The number of rotatable bonds is 3. The lowest BCUT2D eigenvalue weighted by atomic mass is 10.2. The van der Waals surface area contributed by atoms with E-state index in [0.717, 1.165) is 18.7 Å². The first-order valence-electron chi connectivity index (χ1n) is 9.21. The highest BCUT2D eigenvalue weighted by atomic mass is 35.5. The maximum absolute atomic E-state index is 13.1. The summed E-state index contributed by atoms with van der Waals surface area (Å²) in [5.41, 5.74) is 1.91. The van der Waals surface area contributed by atoms with E-state index in [9.17, 15) is 4.79 Å². The first-order chi connectivity index (χ1) is 13.9. The summed E-state index contributed by atoms with van der Waals surface area (Å²) in [6.45, 7) is 3.05. The smallest absolute Gasteiger partial charge is 0.274 e. The number of benzene rings is 2. The molecule has 0 N–H and O–H groups in total. The van der Waals surface area contributed by atoms with Crippen molar-refractivity contribution in [2.24, 2.45) is 0 Å². The number of hydrogen-bond donors (Lipinski definition) is 0. The van der Waals surface area contributed by atoms with Gasteiger partial charge >= 0.3 is 0 Å². The van der Waals surface area contributed by atoms with E-state index in [1.807, 2.05) is 27.7 Å². The molecular formula is C21H19Cl3N4O. The number of piperazine rings is 1. The van der Waals surface area contributed by atoms with E-state index in [4.69, 9.17) is 34.8 Å². The van der Waals surface area contributed by atoms with Crippen LogP contribution in [-0.2, 0) is 0 Å². The molecule has 3 aromatic rings. The molecule has 4 rings (SSSR count). The zero-order valence-corrected chi connectivity index (χ0v) is 18.0. The number of nitrogens with zero attached hydrogens (tertiary/aromatic N) is 4. The second-order valence-corrected chi connectivity index (χ2v) is 8.30. The Kier molecular flexibility index (Phi) is 5.83. The van der Waals surface area contributed by atoms with Crippen LogP contribution in [0, 0.1) is 0 Å². The Hall–Kier alpha value is -2.05. The third-order valence-electron chi connectivity index (χ3n) is 4.99. The SMILES string of the molecule is CN1CCN(C(=O)c2cn(-c3ccc(Cl)cc3Cl)c(-c3ccc(Cl)cc3)n2)CC1. The molecule has 0 bridgehead atoms. The fourth-order valence-corrected chi connectivity index (χ4v) is 3.94. The molecule has 1 fully saturated rings. The van der Waals surface area contributed by atoms with Crippen molar-refractivity contribution < 1.29 is 4.79 Å². The van der Waals surface area contributed by atoms with Gasteiger partial charge in [-0.25, -0.2) is 4.98 Å². The van der Waals surface area contributed by atoms with Gasteiger partial charge < -0.3 is 9.80 Å². The fraction of sp³-hybridized carbons (Fsp3) is 0.238. The number of halogens is 3. The third-order valence-corrected chi connectivity index (χ3v) is 5.78. The Morgan fingerprint density at radius 3 is 2.24 bits per heavy atom. The van der Waals surface area contributed by atoms with Crippen LogP contribution in [-0.4, -0.2) is 58.5 Å². The average molecular weight is 450 g/mol. The monoisotopic (exact) mass is 448 g/mol. The van der Waals surface area contributed by atoms with Gasteiger partial charge in [-0.15, -0.1) is 0 Å². The lowest BCUT2D eigenvalue weighted by Gasteiger charge is -2.31. The van der Waals surface area contributed by atoms with Gasteiger partial charge in [0.25, 0.3) is 5.91 Å². The van der Waals surface area contributed by atoms with Crippen molar-refractivity contribution in [3.8, 4) is 17.1 Å². The van der Waals surface area contributed by atoms with Gasteiger partial charge in [-0.05, 0) is 49.5 Å². The minimum atomic E-state index is -0.0860. The van der Waals surface area contributed by atoms with Crippen LogP contribution in [0.1, 0.15) is 10.5 Å². The van der Waals surface area contributed by atoms with E-state index in [1.165, 1.54) is 0 Å². The van der Waals surface area contributed by atoms with Gasteiger partial charge in [-0.1, -0.05) is 34.8 Å². The van der Waals surface area contributed by atoms with E-state index in [-0.39, 0.29) is 5.91 Å². The molecule has 0 aliphatic carbocycles. The van der Waals surface area contributed by atoms with Crippen LogP contribution in [0.25, 0.3) is 17.1 Å². The van der Waals surface area contributed by atoms with Crippen LogP contribution in [0.2, 0.25) is 15.1 Å². The van der Waals surface area contributed by atoms with Crippen molar-refractivity contribution in [3.05, 3.63) is 69.4 Å². The molecule has 150 valence electrons. The van der Waals surface area contributed by atoms with Gasteiger partial charge in [0.15, 0.2) is 0 Å². The van der Waals surface area contributed by atoms with Crippen molar-refractivity contribution in [1.29, 1.82) is 0 Å². The summed E-state index contributed by atoms with van der Waals surface area (Å²) in [4.78, 5) is 21.8. The minimum absolute atomic E-state index is 0.0860. The van der Waals surface area contributed by atoms with Crippen molar-refractivity contribution in [2.75, 3.05) is 33.2 Å². The molecule has 8 heteroatoms. The maximum atomic E-state index is 13.1. The molecule has 1 amide bonds. The molecule has 2 heterocycles. The van der Waals surface area contributed by atoms with E-state index >= 15 is 0 Å². The van der Waals surface area contributed by atoms with Crippen LogP contribution in [0.3, 0.4) is 0 Å². The van der Waals surface area contributed by atoms with Crippen molar-refractivity contribution >= 4 is 40.7 Å². The summed E-state index contributed by atoms with van der Waals surface area (Å²) in [6.07, 6.45) is 1.74. The number of hydrogen-bond acceptors (Lipinski definition) is 3. The lowest BCUT2D eigenvalue weighted by molar-refractivity contribution is 0.0659. The molecule has 2 aromatic carbocycles. The molecule has 1 aliphatic heterocycles. The maximum Gasteiger partial charge on any atom is 0.274 e. The fourth-order valence-electron chi connectivity index (χ4n) is 3.32. The zero-order valence-electron chi connectivity index (χ0n) is 15.8. The second-order valence-electron chi connectivity index (χ2n) is 7.02. The van der Waals surface area contributed by atoms with Crippen LogP contribution in [0.15, 0.2) is 48.7 Å². The summed E-state index contributed by atoms with van der Waals surface area (Å²) in [5, 5.41) is 1.65. The van der Waals surface area contributed by atoms with E-state index in [2.05, 4.69) is 16.9 Å². The number of aromatic nitrogens is 2. The first kappa shape index (κ1) is 20.2. The lowest BCUT2D eigenvalue weighted by Crippen LogP contribution is -2.47. The summed E-state index contributed by atoms with van der Waals surface area (Å²) in [5.74, 6) is 0.528. The van der Waals surface area contributed by atoms with Crippen molar-refractivity contribution in [1.82, 2.24) is 19.4 Å². The Bertz CT molecular complexity index is 1040. The molecule has 0 radical (unpaired) electrons. The van der Waals surface area contributed by atoms with Crippen LogP contribution in [0.4, 0.5) is 0 Å². The van der Waals surface area contributed by atoms with Crippen LogP contribution in [0.5, 0.6) is 0 Å². The van der Waals surface area contributed by atoms with Gasteiger partial charge in [0.05, 0.1) is 10.7 Å². The quantitative estimate of drug-likeness (QED) is 0.572. The van der Waals surface area contributed by atoms with Crippen molar-refractivity contribution in [2.45, 2.75) is 0 Å². The highest BCUT2D eigenvalue weighted by molar-refractivity contribution is 6.35. The van der Waals surface area contributed by atoms with Crippen LogP contribution >= 0.6 is 34.8 Å². The number of carbonyl (C=O) groups excluding carboxylic acids is 1. The summed E-state index contributed by atoms with van der Waals surface area (Å²) < 4.78 is 1.82. The molecule has 0 spiro atoms. The first-order valence-corrected chi connectivity index (χ1v) is 10.3. The molecule has 1 aliphatic rings. The van der Waals surface area contributed by atoms with Crippen molar-refractivity contribution in [3.63, 3.8) is 0 Å². The van der Waals surface area contributed by atoms with Crippen LogP contribution < -0.4 is 0 Å². The summed E-state index contributed by atoms with van der Waals surface area (Å²) >= 11 is 18.5. The van der Waals surface area contributed by atoms with Gasteiger partial charge in [-0.2, -0.15) is 0 Å². The summed E-state index contributed by atoms with van der Waals surface area (Å²) in [6, 6.07) is 12.6. The standard InChI is InChI=1S/C21H19Cl3N4O/c1-26-8-10-27(11-9-26)21(29)18-13-28(19-7-6-16(23)12-17(19)24)20(25-18)14-2-4-15(22)5-3-14/h2-7,12-13H,8-11H2,1H3. The molecule has 0 saturated carbocycles. The Morgan fingerprint density at radius 1 is 0.931 bits per heavy atom. The highest BCUT2D eigenvalue weighted by Crippen LogP contribution is 2.30.